The van der Waals surface area contributed by atoms with Crippen LogP contribution in [-0.2, 0) is 6.42 Å². The molecule has 0 radical (unpaired) electrons. The zero-order valence-corrected chi connectivity index (χ0v) is 10.8. The van der Waals surface area contributed by atoms with E-state index in [0.29, 0.717) is 29.4 Å². The van der Waals surface area contributed by atoms with E-state index in [1.165, 1.54) is 6.33 Å². The van der Waals surface area contributed by atoms with Crippen LogP contribution in [0.2, 0.25) is 0 Å². The average molecular weight is 276 g/mol. The first kappa shape index (κ1) is 13.2. The van der Waals surface area contributed by atoms with Crippen LogP contribution >= 0.6 is 12.2 Å². The molecule has 0 aliphatic heterocycles. The maximum Gasteiger partial charge on any atom is 0.251 e. The fourth-order valence-electron chi connectivity index (χ4n) is 1.48. The number of carbonyl (C=O) groups excluding carboxylic acids is 1. The van der Waals surface area contributed by atoms with Crippen LogP contribution in [0.5, 0.6) is 0 Å². The Morgan fingerprint density at radius 1 is 1.32 bits per heavy atom. The second-order valence-corrected chi connectivity index (χ2v) is 4.22. The Balaban J connectivity index is 1.87. The summed E-state index contributed by atoms with van der Waals surface area (Å²) in [6, 6.07) is 6.79. The molecule has 19 heavy (non-hydrogen) atoms. The van der Waals surface area contributed by atoms with Crippen LogP contribution in [0.25, 0.3) is 0 Å². The van der Waals surface area contributed by atoms with Gasteiger partial charge < -0.3 is 15.6 Å². The number of aromatic nitrogens is 2. The molecule has 1 aromatic carbocycles. The Morgan fingerprint density at radius 3 is 2.58 bits per heavy atom. The summed E-state index contributed by atoms with van der Waals surface area (Å²) in [6.07, 6.45) is 1.82. The van der Waals surface area contributed by atoms with E-state index in [9.17, 15) is 4.79 Å². The van der Waals surface area contributed by atoms with Crippen LogP contribution < -0.4 is 11.1 Å². The van der Waals surface area contributed by atoms with Gasteiger partial charge in [0.2, 0.25) is 5.89 Å². The lowest BCUT2D eigenvalue weighted by Crippen LogP contribution is -2.25. The second-order valence-electron chi connectivity index (χ2n) is 3.78. The van der Waals surface area contributed by atoms with Crippen LogP contribution in [0.1, 0.15) is 21.8 Å². The van der Waals surface area contributed by atoms with E-state index in [2.05, 4.69) is 15.5 Å². The summed E-state index contributed by atoms with van der Waals surface area (Å²) in [7, 11) is 0. The SMILES string of the molecule is NC(=S)c1ccc(C(=O)NCCc2ncno2)cc1. The predicted octanol–water partition coefficient (Wildman–Crippen LogP) is 0.676. The minimum Gasteiger partial charge on any atom is -0.389 e. The van der Waals surface area contributed by atoms with E-state index < -0.39 is 0 Å². The fourth-order valence-corrected chi connectivity index (χ4v) is 1.61. The molecule has 2 aromatic rings. The number of carbonyl (C=O) groups is 1. The van der Waals surface area contributed by atoms with Crippen LogP contribution in [0.15, 0.2) is 35.1 Å². The fraction of sp³-hybridized carbons (Fsp3) is 0.167. The number of hydrogen-bond donors (Lipinski definition) is 2. The molecular weight excluding hydrogens is 264 g/mol. The first-order chi connectivity index (χ1) is 9.16. The van der Waals surface area contributed by atoms with Crippen molar-refractivity contribution in [2.24, 2.45) is 5.73 Å². The van der Waals surface area contributed by atoms with E-state index in [0.717, 1.165) is 5.56 Å². The third-order valence-corrected chi connectivity index (χ3v) is 2.70. The molecule has 2 rings (SSSR count). The van der Waals surface area contributed by atoms with Crippen molar-refractivity contribution in [3.05, 3.63) is 47.6 Å². The molecule has 98 valence electrons. The van der Waals surface area contributed by atoms with Crippen LogP contribution in [0.4, 0.5) is 0 Å². The highest BCUT2D eigenvalue weighted by Gasteiger charge is 2.06. The van der Waals surface area contributed by atoms with Gasteiger partial charge in [0.05, 0.1) is 0 Å². The normalized spacial score (nSPS) is 10.1. The molecule has 0 atom stereocenters. The third-order valence-electron chi connectivity index (χ3n) is 2.46. The summed E-state index contributed by atoms with van der Waals surface area (Å²) in [5.74, 6) is 0.318. The van der Waals surface area contributed by atoms with Crippen molar-refractivity contribution < 1.29 is 9.32 Å². The molecule has 0 saturated carbocycles. The highest BCUT2D eigenvalue weighted by molar-refractivity contribution is 7.80. The van der Waals surface area contributed by atoms with Gasteiger partial charge in [-0.3, -0.25) is 4.79 Å². The van der Waals surface area contributed by atoms with Gasteiger partial charge in [0.25, 0.3) is 5.91 Å². The van der Waals surface area contributed by atoms with Crippen LogP contribution in [0.3, 0.4) is 0 Å². The van der Waals surface area contributed by atoms with Crippen molar-refractivity contribution in [3.8, 4) is 0 Å². The zero-order valence-electron chi connectivity index (χ0n) is 10.00. The Bertz CT molecular complexity index is 566. The summed E-state index contributed by atoms with van der Waals surface area (Å²) in [5, 5.41) is 6.24. The van der Waals surface area contributed by atoms with Crippen molar-refractivity contribution in [2.45, 2.75) is 6.42 Å². The number of benzene rings is 1. The van der Waals surface area contributed by atoms with Crippen molar-refractivity contribution in [2.75, 3.05) is 6.54 Å². The van der Waals surface area contributed by atoms with Crippen molar-refractivity contribution in [1.29, 1.82) is 0 Å². The number of hydrogen-bond acceptors (Lipinski definition) is 5. The highest BCUT2D eigenvalue weighted by atomic mass is 32.1. The summed E-state index contributed by atoms with van der Waals surface area (Å²) in [6.45, 7) is 0.429. The van der Waals surface area contributed by atoms with Gasteiger partial charge in [0.1, 0.15) is 4.99 Å². The summed E-state index contributed by atoms with van der Waals surface area (Å²) < 4.78 is 4.82. The number of nitrogens with one attached hydrogen (secondary N) is 1. The minimum atomic E-state index is -0.172. The molecule has 7 heteroatoms. The van der Waals surface area contributed by atoms with E-state index in [1.54, 1.807) is 24.3 Å². The maximum absolute atomic E-state index is 11.8. The number of amides is 1. The first-order valence-electron chi connectivity index (χ1n) is 5.60. The molecule has 0 saturated heterocycles. The molecule has 3 N–H and O–H groups in total. The van der Waals surface area contributed by atoms with Crippen LogP contribution in [-0.4, -0.2) is 27.6 Å². The van der Waals surface area contributed by atoms with Gasteiger partial charge in [-0.1, -0.05) is 29.5 Å². The van der Waals surface area contributed by atoms with Gasteiger partial charge in [0, 0.05) is 24.1 Å². The standard InChI is InChI=1S/C12H12N4O2S/c13-11(19)8-1-3-9(4-2-8)12(17)14-6-5-10-15-7-16-18-10/h1-4,7H,5-6H2,(H2,13,19)(H,14,17). The van der Waals surface area contributed by atoms with Gasteiger partial charge in [0.15, 0.2) is 6.33 Å². The largest absolute Gasteiger partial charge is 0.389 e. The number of nitrogens with zero attached hydrogens (tertiary/aromatic N) is 2. The zero-order chi connectivity index (χ0) is 13.7. The molecule has 1 heterocycles. The molecule has 0 bridgehead atoms. The smallest absolute Gasteiger partial charge is 0.251 e. The lowest BCUT2D eigenvalue weighted by atomic mass is 10.1. The molecule has 1 amide bonds. The summed E-state index contributed by atoms with van der Waals surface area (Å²) in [4.78, 5) is 16.0. The molecule has 6 nitrogen and oxygen atoms in total. The summed E-state index contributed by atoms with van der Waals surface area (Å²) >= 11 is 4.84. The number of rotatable bonds is 5. The Morgan fingerprint density at radius 2 is 2.00 bits per heavy atom. The van der Waals surface area contributed by atoms with Crippen molar-refractivity contribution in [1.82, 2.24) is 15.5 Å². The van der Waals surface area contributed by atoms with Gasteiger partial charge in [-0.05, 0) is 12.1 Å². The van der Waals surface area contributed by atoms with Gasteiger partial charge in [-0.2, -0.15) is 4.98 Å². The minimum absolute atomic E-state index is 0.172. The van der Waals surface area contributed by atoms with Gasteiger partial charge in [-0.25, -0.2) is 0 Å². The summed E-state index contributed by atoms with van der Waals surface area (Å²) in [5.41, 5.74) is 6.76. The molecule has 0 unspecified atom stereocenters. The van der Waals surface area contributed by atoms with Crippen LogP contribution in [0, 0.1) is 0 Å². The van der Waals surface area contributed by atoms with Crippen molar-refractivity contribution >= 4 is 23.1 Å². The van der Waals surface area contributed by atoms with E-state index in [1.807, 2.05) is 0 Å². The monoisotopic (exact) mass is 276 g/mol. The lowest BCUT2D eigenvalue weighted by molar-refractivity contribution is 0.0953. The molecule has 0 aliphatic rings. The molecule has 0 aliphatic carbocycles. The predicted molar refractivity (Wildman–Crippen MR) is 72.7 cm³/mol. The Labute approximate surface area is 115 Å². The second kappa shape index (κ2) is 6.05. The molecule has 1 aromatic heterocycles. The van der Waals surface area contributed by atoms with E-state index >= 15 is 0 Å². The highest BCUT2D eigenvalue weighted by Crippen LogP contribution is 2.04. The van der Waals surface area contributed by atoms with Crippen molar-refractivity contribution in [3.63, 3.8) is 0 Å². The van der Waals surface area contributed by atoms with E-state index in [4.69, 9.17) is 22.5 Å². The van der Waals surface area contributed by atoms with Gasteiger partial charge >= 0.3 is 0 Å². The molecule has 0 spiro atoms. The molecular formula is C12H12N4O2S. The lowest BCUT2D eigenvalue weighted by Gasteiger charge is -2.04. The number of nitrogens with two attached hydrogens (primary N) is 1. The topological polar surface area (TPSA) is 94.0 Å². The van der Waals surface area contributed by atoms with E-state index in [-0.39, 0.29) is 5.91 Å². The number of thiocarbonyl (C=S) groups is 1. The van der Waals surface area contributed by atoms with Gasteiger partial charge in [-0.15, -0.1) is 0 Å². The Kier molecular flexibility index (Phi) is 4.19. The Hall–Kier alpha value is -2.28. The average Bonchev–Trinajstić information content (AvgIpc) is 2.92. The first-order valence-corrected chi connectivity index (χ1v) is 6.01. The quantitative estimate of drug-likeness (QED) is 0.780. The third kappa shape index (κ3) is 3.59. The maximum atomic E-state index is 11.8. The molecule has 0 fully saturated rings.